The van der Waals surface area contributed by atoms with Crippen LogP contribution in [-0.2, 0) is 6.42 Å². The van der Waals surface area contributed by atoms with Crippen LogP contribution in [0.3, 0.4) is 0 Å². The second-order valence-corrected chi connectivity index (χ2v) is 5.65. The van der Waals surface area contributed by atoms with Gasteiger partial charge in [-0.2, -0.15) is 0 Å². The van der Waals surface area contributed by atoms with E-state index in [1.165, 1.54) is 0 Å². The number of aromatic nitrogens is 1. The summed E-state index contributed by atoms with van der Waals surface area (Å²) < 4.78 is 5.33. The number of ether oxygens (including phenoxy) is 1. The third kappa shape index (κ3) is 4.23. The maximum Gasteiger partial charge on any atom is 0.252 e. The molecule has 0 unspecified atom stereocenters. The summed E-state index contributed by atoms with van der Waals surface area (Å²) in [6.07, 6.45) is 4.06. The van der Waals surface area contributed by atoms with Gasteiger partial charge in [0.25, 0.3) is 5.91 Å². The van der Waals surface area contributed by atoms with Crippen molar-refractivity contribution >= 4 is 5.91 Å². The van der Waals surface area contributed by atoms with Crippen LogP contribution in [0.2, 0.25) is 0 Å². The maximum absolute atomic E-state index is 12.4. The highest BCUT2D eigenvalue weighted by Gasteiger charge is 2.08. The Balaban J connectivity index is 1.64. The Kier molecular flexibility index (Phi) is 5.42. The molecule has 3 aromatic rings. The zero-order valence-corrected chi connectivity index (χ0v) is 14.1. The third-order valence-corrected chi connectivity index (χ3v) is 3.98. The van der Waals surface area contributed by atoms with Gasteiger partial charge in [0.15, 0.2) is 0 Å². The number of para-hydroxylation sites is 1. The molecule has 4 heteroatoms. The van der Waals surface area contributed by atoms with Gasteiger partial charge < -0.3 is 10.1 Å². The minimum atomic E-state index is -0.125. The van der Waals surface area contributed by atoms with Gasteiger partial charge in [-0.05, 0) is 29.7 Å². The van der Waals surface area contributed by atoms with E-state index in [-0.39, 0.29) is 5.91 Å². The molecule has 0 aliphatic rings. The molecule has 1 heterocycles. The van der Waals surface area contributed by atoms with Crippen LogP contribution in [-0.4, -0.2) is 24.5 Å². The smallest absolute Gasteiger partial charge is 0.252 e. The molecule has 3 rings (SSSR count). The number of carbonyl (C=O) groups excluding carboxylic acids is 1. The van der Waals surface area contributed by atoms with Crippen molar-refractivity contribution in [2.75, 3.05) is 13.7 Å². The van der Waals surface area contributed by atoms with Crippen LogP contribution in [0.4, 0.5) is 0 Å². The van der Waals surface area contributed by atoms with Crippen LogP contribution in [0.15, 0.2) is 73.1 Å². The highest BCUT2D eigenvalue weighted by molar-refractivity contribution is 5.95. The fourth-order valence-corrected chi connectivity index (χ4v) is 2.67. The molecule has 0 saturated carbocycles. The molecule has 1 aromatic heterocycles. The van der Waals surface area contributed by atoms with E-state index in [0.29, 0.717) is 18.5 Å². The van der Waals surface area contributed by atoms with Crippen LogP contribution in [0.25, 0.3) is 11.1 Å². The number of benzene rings is 2. The van der Waals surface area contributed by atoms with Crippen molar-refractivity contribution in [2.24, 2.45) is 0 Å². The van der Waals surface area contributed by atoms with Crippen LogP contribution >= 0.6 is 0 Å². The largest absolute Gasteiger partial charge is 0.496 e. The number of hydrogen-bond acceptors (Lipinski definition) is 3. The molecule has 1 N–H and O–H groups in total. The second-order valence-electron chi connectivity index (χ2n) is 5.65. The molecular weight excluding hydrogens is 312 g/mol. The molecule has 0 aliphatic carbocycles. The van der Waals surface area contributed by atoms with Gasteiger partial charge in [-0.15, -0.1) is 0 Å². The SMILES string of the molecule is COc1ccccc1CCNC(=O)c1cncc(-c2ccccc2)c1. The van der Waals surface area contributed by atoms with Crippen LogP contribution in [0, 0.1) is 0 Å². The van der Waals surface area contributed by atoms with E-state index < -0.39 is 0 Å². The number of nitrogens with one attached hydrogen (secondary N) is 1. The lowest BCUT2D eigenvalue weighted by molar-refractivity contribution is 0.0953. The van der Waals surface area contributed by atoms with Crippen molar-refractivity contribution in [2.45, 2.75) is 6.42 Å². The summed E-state index contributed by atoms with van der Waals surface area (Å²) >= 11 is 0. The van der Waals surface area contributed by atoms with Crippen LogP contribution in [0.5, 0.6) is 5.75 Å². The van der Waals surface area contributed by atoms with Gasteiger partial charge in [0.2, 0.25) is 0 Å². The highest BCUT2D eigenvalue weighted by atomic mass is 16.5. The average molecular weight is 332 g/mol. The maximum atomic E-state index is 12.4. The van der Waals surface area contributed by atoms with E-state index in [1.807, 2.05) is 60.7 Å². The number of hydrogen-bond donors (Lipinski definition) is 1. The van der Waals surface area contributed by atoms with Crippen LogP contribution in [0.1, 0.15) is 15.9 Å². The molecule has 0 radical (unpaired) electrons. The first-order valence-electron chi connectivity index (χ1n) is 8.18. The first-order valence-corrected chi connectivity index (χ1v) is 8.18. The minimum absolute atomic E-state index is 0.125. The van der Waals surface area contributed by atoms with Crippen molar-refractivity contribution in [1.29, 1.82) is 0 Å². The Morgan fingerprint density at radius 2 is 1.76 bits per heavy atom. The Morgan fingerprint density at radius 3 is 2.56 bits per heavy atom. The van der Waals surface area contributed by atoms with E-state index in [1.54, 1.807) is 19.5 Å². The highest BCUT2D eigenvalue weighted by Crippen LogP contribution is 2.19. The number of nitrogens with zero attached hydrogens (tertiary/aromatic N) is 1. The van der Waals surface area contributed by atoms with Gasteiger partial charge in [-0.3, -0.25) is 9.78 Å². The fourth-order valence-electron chi connectivity index (χ4n) is 2.67. The van der Waals surface area contributed by atoms with E-state index in [9.17, 15) is 4.79 Å². The zero-order valence-electron chi connectivity index (χ0n) is 14.1. The fraction of sp³-hybridized carbons (Fsp3) is 0.143. The number of pyridine rings is 1. The molecule has 1 amide bonds. The lowest BCUT2D eigenvalue weighted by Crippen LogP contribution is -2.25. The summed E-state index contributed by atoms with van der Waals surface area (Å²) in [7, 11) is 1.65. The van der Waals surface area contributed by atoms with Gasteiger partial charge in [-0.25, -0.2) is 0 Å². The van der Waals surface area contributed by atoms with E-state index >= 15 is 0 Å². The predicted molar refractivity (Wildman–Crippen MR) is 98.7 cm³/mol. The van der Waals surface area contributed by atoms with Gasteiger partial charge in [0, 0.05) is 24.5 Å². The van der Waals surface area contributed by atoms with Gasteiger partial charge in [-0.1, -0.05) is 48.5 Å². The Morgan fingerprint density at radius 1 is 1.00 bits per heavy atom. The molecule has 0 aliphatic heterocycles. The van der Waals surface area contributed by atoms with Crippen molar-refractivity contribution < 1.29 is 9.53 Å². The monoisotopic (exact) mass is 332 g/mol. The second kappa shape index (κ2) is 8.11. The topological polar surface area (TPSA) is 51.2 Å². The van der Waals surface area contributed by atoms with Crippen molar-refractivity contribution in [3.05, 3.63) is 84.2 Å². The molecule has 0 atom stereocenters. The summed E-state index contributed by atoms with van der Waals surface area (Å²) in [4.78, 5) is 16.6. The quantitative estimate of drug-likeness (QED) is 0.748. The van der Waals surface area contributed by atoms with Crippen molar-refractivity contribution in [3.63, 3.8) is 0 Å². The van der Waals surface area contributed by atoms with Crippen LogP contribution < -0.4 is 10.1 Å². The van der Waals surface area contributed by atoms with Crippen molar-refractivity contribution in [3.8, 4) is 16.9 Å². The average Bonchev–Trinajstić information content (AvgIpc) is 2.69. The normalized spacial score (nSPS) is 10.3. The number of amides is 1. The number of carbonyl (C=O) groups is 1. The summed E-state index contributed by atoms with van der Waals surface area (Å²) in [5.41, 5.74) is 3.60. The number of methoxy groups -OCH3 is 1. The Labute approximate surface area is 147 Å². The van der Waals surface area contributed by atoms with E-state index in [2.05, 4.69) is 10.3 Å². The lowest BCUT2D eigenvalue weighted by Gasteiger charge is -2.09. The molecule has 25 heavy (non-hydrogen) atoms. The van der Waals surface area contributed by atoms with Gasteiger partial charge in [0.05, 0.1) is 12.7 Å². The van der Waals surface area contributed by atoms with Crippen molar-refractivity contribution in [1.82, 2.24) is 10.3 Å². The molecule has 126 valence electrons. The van der Waals surface area contributed by atoms with E-state index in [0.717, 1.165) is 22.4 Å². The minimum Gasteiger partial charge on any atom is -0.496 e. The molecular formula is C21H20N2O2. The molecule has 0 fully saturated rings. The Hall–Kier alpha value is -3.14. The first kappa shape index (κ1) is 16.7. The molecule has 0 saturated heterocycles. The summed E-state index contributed by atoms with van der Waals surface area (Å²) in [6, 6.07) is 19.6. The first-order chi connectivity index (χ1) is 12.3. The Bertz CT molecular complexity index is 847. The molecule has 4 nitrogen and oxygen atoms in total. The van der Waals surface area contributed by atoms with Gasteiger partial charge >= 0.3 is 0 Å². The predicted octanol–water partition coefficient (Wildman–Crippen LogP) is 3.73. The van der Waals surface area contributed by atoms with Gasteiger partial charge in [0.1, 0.15) is 5.75 Å². The van der Waals surface area contributed by atoms with E-state index in [4.69, 9.17) is 4.74 Å². The number of rotatable bonds is 6. The summed E-state index contributed by atoms with van der Waals surface area (Å²) in [5.74, 6) is 0.713. The summed E-state index contributed by atoms with van der Waals surface area (Å²) in [6.45, 7) is 0.536. The molecule has 0 spiro atoms. The third-order valence-electron chi connectivity index (χ3n) is 3.98. The molecule has 2 aromatic carbocycles. The zero-order chi connectivity index (χ0) is 17.5. The summed E-state index contributed by atoms with van der Waals surface area (Å²) in [5, 5.41) is 2.94. The molecule has 0 bridgehead atoms. The standard InChI is InChI=1S/C21H20N2O2/c1-25-20-10-6-5-9-17(20)11-12-23-21(24)19-13-18(14-22-15-19)16-7-3-2-4-8-16/h2-10,13-15H,11-12H2,1H3,(H,23,24). The lowest BCUT2D eigenvalue weighted by atomic mass is 10.1.